The van der Waals surface area contributed by atoms with E-state index in [1.165, 1.54) is 25.7 Å². The van der Waals surface area contributed by atoms with E-state index in [0.717, 1.165) is 5.92 Å². The van der Waals surface area contributed by atoms with E-state index in [1.54, 1.807) is 0 Å². The topological polar surface area (TPSA) is 18.5 Å². The quantitative estimate of drug-likeness (QED) is 0.506. The predicted octanol–water partition coefficient (Wildman–Crippen LogP) is 2.84. The molecule has 0 aromatic heterocycles. The summed E-state index contributed by atoms with van der Waals surface area (Å²) in [5.41, 5.74) is 0. The zero-order valence-electron chi connectivity index (χ0n) is 9.01. The van der Waals surface area contributed by atoms with Gasteiger partial charge >= 0.3 is 0 Å². The summed E-state index contributed by atoms with van der Waals surface area (Å²) in [6.45, 7) is 4.30. The summed E-state index contributed by atoms with van der Waals surface area (Å²) in [5.74, 6) is 1.29. The van der Waals surface area contributed by atoms with Crippen LogP contribution in [0.3, 0.4) is 0 Å². The molecule has 0 bridgehead atoms. The number of ether oxygens (including phenoxy) is 2. The van der Waals surface area contributed by atoms with Crippen LogP contribution in [0.2, 0.25) is 0 Å². The summed E-state index contributed by atoms with van der Waals surface area (Å²) in [6, 6.07) is 0. The van der Waals surface area contributed by atoms with Gasteiger partial charge in [-0.25, -0.2) is 0 Å². The van der Waals surface area contributed by atoms with Crippen molar-refractivity contribution >= 4 is 11.6 Å². The molecule has 1 rings (SSSR count). The van der Waals surface area contributed by atoms with Crippen LogP contribution in [0.5, 0.6) is 0 Å². The van der Waals surface area contributed by atoms with Gasteiger partial charge in [-0.15, -0.1) is 11.6 Å². The van der Waals surface area contributed by atoms with Crippen LogP contribution >= 0.6 is 11.6 Å². The van der Waals surface area contributed by atoms with E-state index in [0.29, 0.717) is 31.8 Å². The normalized spacial score (nSPS) is 27.9. The molecule has 0 aromatic carbocycles. The van der Waals surface area contributed by atoms with Gasteiger partial charge in [-0.2, -0.15) is 0 Å². The maximum absolute atomic E-state index is 5.77. The first kappa shape index (κ1) is 12.3. The maximum atomic E-state index is 5.77. The van der Waals surface area contributed by atoms with Crippen LogP contribution in [0.4, 0.5) is 0 Å². The van der Waals surface area contributed by atoms with Crippen molar-refractivity contribution in [3.05, 3.63) is 0 Å². The fraction of sp³-hybridized carbons (Fsp3) is 1.00. The maximum Gasteiger partial charge on any atom is 0.0704 e. The van der Waals surface area contributed by atoms with Crippen molar-refractivity contribution in [2.75, 3.05) is 25.7 Å². The van der Waals surface area contributed by atoms with Crippen LogP contribution < -0.4 is 0 Å². The van der Waals surface area contributed by atoms with Crippen molar-refractivity contribution in [1.29, 1.82) is 0 Å². The van der Waals surface area contributed by atoms with Gasteiger partial charge in [0.2, 0.25) is 0 Å². The van der Waals surface area contributed by atoms with E-state index >= 15 is 0 Å². The van der Waals surface area contributed by atoms with Crippen LogP contribution in [0.25, 0.3) is 0 Å². The zero-order chi connectivity index (χ0) is 10.2. The summed E-state index contributed by atoms with van der Waals surface area (Å²) in [4.78, 5) is 0. The van der Waals surface area contributed by atoms with Gasteiger partial charge in [0.1, 0.15) is 0 Å². The second-order valence-corrected chi connectivity index (χ2v) is 4.35. The summed E-state index contributed by atoms with van der Waals surface area (Å²) in [5, 5.41) is 0. The second-order valence-electron chi connectivity index (χ2n) is 3.97. The summed E-state index contributed by atoms with van der Waals surface area (Å²) >= 11 is 5.49. The molecule has 0 saturated heterocycles. The Hall–Kier alpha value is 0.210. The highest BCUT2D eigenvalue weighted by Gasteiger charge is 2.21. The molecule has 0 aliphatic heterocycles. The van der Waals surface area contributed by atoms with Crippen LogP contribution in [0.1, 0.15) is 32.6 Å². The molecule has 1 aliphatic carbocycles. The average Bonchev–Trinajstić information content (AvgIpc) is 2.20. The van der Waals surface area contributed by atoms with Crippen molar-refractivity contribution < 1.29 is 9.47 Å². The Balaban J connectivity index is 1.99. The molecule has 0 aromatic rings. The monoisotopic (exact) mass is 220 g/mol. The molecular formula is C11H21ClO2. The van der Waals surface area contributed by atoms with Crippen molar-refractivity contribution in [2.24, 2.45) is 5.92 Å². The van der Waals surface area contributed by atoms with Crippen molar-refractivity contribution in [3.63, 3.8) is 0 Å². The van der Waals surface area contributed by atoms with Crippen molar-refractivity contribution in [2.45, 2.75) is 38.7 Å². The van der Waals surface area contributed by atoms with Crippen LogP contribution in [-0.4, -0.2) is 31.8 Å². The molecule has 1 fully saturated rings. The largest absolute Gasteiger partial charge is 0.378 e. The highest BCUT2D eigenvalue weighted by Crippen LogP contribution is 2.25. The van der Waals surface area contributed by atoms with E-state index in [-0.39, 0.29) is 0 Å². The van der Waals surface area contributed by atoms with E-state index in [4.69, 9.17) is 21.1 Å². The zero-order valence-corrected chi connectivity index (χ0v) is 9.76. The Morgan fingerprint density at radius 1 is 1.14 bits per heavy atom. The lowest BCUT2D eigenvalue weighted by Crippen LogP contribution is -2.27. The molecular weight excluding hydrogens is 200 g/mol. The molecule has 0 spiro atoms. The SMILES string of the molecule is CC1CCCCC1OCCOCCCl. The minimum atomic E-state index is 0.461. The van der Waals surface area contributed by atoms with E-state index < -0.39 is 0 Å². The van der Waals surface area contributed by atoms with E-state index in [2.05, 4.69) is 6.92 Å². The van der Waals surface area contributed by atoms with Crippen LogP contribution in [-0.2, 0) is 9.47 Å². The predicted molar refractivity (Wildman–Crippen MR) is 58.9 cm³/mol. The number of hydrogen-bond acceptors (Lipinski definition) is 2. The van der Waals surface area contributed by atoms with Gasteiger partial charge in [0, 0.05) is 5.88 Å². The first-order valence-corrected chi connectivity index (χ1v) is 6.13. The van der Waals surface area contributed by atoms with Crippen LogP contribution in [0.15, 0.2) is 0 Å². The minimum Gasteiger partial charge on any atom is -0.378 e. The fourth-order valence-corrected chi connectivity index (χ4v) is 2.05. The Kier molecular flexibility index (Phi) is 6.57. The van der Waals surface area contributed by atoms with Gasteiger partial charge in [-0.1, -0.05) is 19.8 Å². The Bertz CT molecular complexity index is 141. The Labute approximate surface area is 91.9 Å². The Morgan fingerprint density at radius 3 is 2.64 bits per heavy atom. The highest BCUT2D eigenvalue weighted by atomic mass is 35.5. The van der Waals surface area contributed by atoms with Gasteiger partial charge in [0.25, 0.3) is 0 Å². The summed E-state index contributed by atoms with van der Waals surface area (Å²) in [6.07, 6.45) is 5.67. The molecule has 14 heavy (non-hydrogen) atoms. The lowest BCUT2D eigenvalue weighted by molar-refractivity contribution is -0.0315. The van der Waals surface area contributed by atoms with Gasteiger partial charge < -0.3 is 9.47 Å². The molecule has 0 amide bonds. The molecule has 0 radical (unpaired) electrons. The van der Waals surface area contributed by atoms with Gasteiger partial charge in [0.05, 0.1) is 25.9 Å². The highest BCUT2D eigenvalue weighted by molar-refractivity contribution is 6.17. The molecule has 1 saturated carbocycles. The van der Waals surface area contributed by atoms with Crippen LogP contribution in [0, 0.1) is 5.92 Å². The summed E-state index contributed by atoms with van der Waals surface area (Å²) < 4.78 is 11.0. The van der Waals surface area contributed by atoms with Gasteiger partial charge in [0.15, 0.2) is 0 Å². The molecule has 1 aliphatic rings. The molecule has 84 valence electrons. The third-order valence-electron chi connectivity index (χ3n) is 2.81. The minimum absolute atomic E-state index is 0.461. The molecule has 2 unspecified atom stereocenters. The number of rotatable bonds is 6. The lowest BCUT2D eigenvalue weighted by atomic mass is 9.88. The Morgan fingerprint density at radius 2 is 1.93 bits per heavy atom. The van der Waals surface area contributed by atoms with Gasteiger partial charge in [-0.3, -0.25) is 0 Å². The number of hydrogen-bond donors (Lipinski definition) is 0. The van der Waals surface area contributed by atoms with Crippen molar-refractivity contribution in [3.8, 4) is 0 Å². The fourth-order valence-electron chi connectivity index (χ4n) is 1.94. The number of halogens is 1. The lowest BCUT2D eigenvalue weighted by Gasteiger charge is -2.28. The molecule has 2 nitrogen and oxygen atoms in total. The second kappa shape index (κ2) is 7.49. The average molecular weight is 221 g/mol. The molecule has 0 heterocycles. The third-order valence-corrected chi connectivity index (χ3v) is 2.97. The first-order valence-electron chi connectivity index (χ1n) is 5.60. The van der Waals surface area contributed by atoms with E-state index in [1.807, 2.05) is 0 Å². The number of alkyl halides is 1. The first-order chi connectivity index (χ1) is 6.84. The molecule has 2 atom stereocenters. The summed E-state index contributed by atoms with van der Waals surface area (Å²) in [7, 11) is 0. The third kappa shape index (κ3) is 4.63. The molecule has 0 N–H and O–H groups in total. The standard InChI is InChI=1S/C11H21ClO2/c1-10-4-2-3-5-11(10)14-9-8-13-7-6-12/h10-11H,2-9H2,1H3. The smallest absolute Gasteiger partial charge is 0.0704 e. The van der Waals surface area contributed by atoms with E-state index in [9.17, 15) is 0 Å². The molecule has 3 heteroatoms. The van der Waals surface area contributed by atoms with Gasteiger partial charge in [-0.05, 0) is 18.8 Å². The van der Waals surface area contributed by atoms with Crippen molar-refractivity contribution in [1.82, 2.24) is 0 Å².